The Morgan fingerprint density at radius 3 is 2.79 bits per heavy atom. The number of nitrogens with zero attached hydrogens (tertiary/aromatic N) is 1. The highest BCUT2D eigenvalue weighted by Gasteiger charge is 2.08. The molecule has 3 heteroatoms. The van der Waals surface area contributed by atoms with Gasteiger partial charge in [-0.3, -0.25) is 4.79 Å². The Balaban J connectivity index is 3.18. The molecular weight excluding hydrogens is 178 g/mol. The smallest absolute Gasteiger partial charge is 0.163 e. The molecule has 0 aliphatic rings. The van der Waals surface area contributed by atoms with Crippen LogP contribution in [0.3, 0.4) is 0 Å². The standard InChI is InChI=1S/C11H11NO2/c1-3-14-11-6-9(7-12)4-5-10(11)8(2)13/h4-6H,3H2,1-2H3. The van der Waals surface area contributed by atoms with Crippen LogP contribution in [-0.2, 0) is 0 Å². The minimum atomic E-state index is -0.0575. The summed E-state index contributed by atoms with van der Waals surface area (Å²) in [4.78, 5) is 11.2. The van der Waals surface area contributed by atoms with Crippen molar-refractivity contribution < 1.29 is 9.53 Å². The van der Waals surface area contributed by atoms with E-state index in [0.717, 1.165) is 0 Å². The molecule has 0 aromatic heterocycles. The molecule has 0 aliphatic heterocycles. The van der Waals surface area contributed by atoms with E-state index in [1.165, 1.54) is 6.92 Å². The second-order valence-corrected chi connectivity index (χ2v) is 2.81. The van der Waals surface area contributed by atoms with E-state index in [-0.39, 0.29) is 5.78 Å². The number of hydrogen-bond acceptors (Lipinski definition) is 3. The average molecular weight is 189 g/mol. The molecule has 0 heterocycles. The molecule has 0 bridgehead atoms. The Morgan fingerprint density at radius 1 is 1.57 bits per heavy atom. The van der Waals surface area contributed by atoms with Crippen molar-refractivity contribution in [1.29, 1.82) is 5.26 Å². The topological polar surface area (TPSA) is 50.1 Å². The summed E-state index contributed by atoms with van der Waals surface area (Å²) in [6, 6.07) is 6.81. The van der Waals surface area contributed by atoms with E-state index >= 15 is 0 Å². The highest BCUT2D eigenvalue weighted by molar-refractivity contribution is 5.96. The molecule has 0 amide bonds. The van der Waals surface area contributed by atoms with Crippen LogP contribution in [0.4, 0.5) is 0 Å². The van der Waals surface area contributed by atoms with Crippen LogP contribution in [0.2, 0.25) is 0 Å². The lowest BCUT2D eigenvalue weighted by Crippen LogP contribution is -2.00. The largest absolute Gasteiger partial charge is 0.493 e. The van der Waals surface area contributed by atoms with Crippen molar-refractivity contribution in [2.45, 2.75) is 13.8 Å². The Kier molecular flexibility index (Phi) is 3.24. The monoisotopic (exact) mass is 189 g/mol. The highest BCUT2D eigenvalue weighted by atomic mass is 16.5. The molecule has 0 fully saturated rings. The summed E-state index contributed by atoms with van der Waals surface area (Å²) < 4.78 is 5.27. The summed E-state index contributed by atoms with van der Waals surface area (Å²) in [5.74, 6) is 0.428. The minimum absolute atomic E-state index is 0.0575. The van der Waals surface area contributed by atoms with Gasteiger partial charge < -0.3 is 4.74 Å². The summed E-state index contributed by atoms with van der Waals surface area (Å²) >= 11 is 0. The van der Waals surface area contributed by atoms with Gasteiger partial charge in [0, 0.05) is 0 Å². The maximum atomic E-state index is 11.2. The summed E-state index contributed by atoms with van der Waals surface area (Å²) in [6.07, 6.45) is 0. The van der Waals surface area contributed by atoms with Gasteiger partial charge in [0.1, 0.15) is 5.75 Å². The fourth-order valence-corrected chi connectivity index (χ4v) is 1.16. The maximum absolute atomic E-state index is 11.2. The van der Waals surface area contributed by atoms with Gasteiger partial charge in [0.05, 0.1) is 23.8 Å². The fourth-order valence-electron chi connectivity index (χ4n) is 1.16. The average Bonchev–Trinajstić information content (AvgIpc) is 2.17. The number of ether oxygens (including phenoxy) is 1. The number of Topliss-reactive ketones (excluding diaryl/α,β-unsaturated/α-hetero) is 1. The zero-order valence-electron chi connectivity index (χ0n) is 8.20. The van der Waals surface area contributed by atoms with Crippen molar-refractivity contribution in [2.24, 2.45) is 0 Å². The number of carbonyl (C=O) groups is 1. The Labute approximate surface area is 82.9 Å². The molecule has 0 saturated carbocycles. The lowest BCUT2D eigenvalue weighted by Gasteiger charge is -2.07. The molecule has 0 atom stereocenters. The Morgan fingerprint density at radius 2 is 2.29 bits per heavy atom. The fraction of sp³-hybridized carbons (Fsp3) is 0.273. The summed E-state index contributed by atoms with van der Waals surface area (Å²) in [7, 11) is 0. The van der Waals surface area contributed by atoms with Crippen LogP contribution in [0.1, 0.15) is 29.8 Å². The van der Waals surface area contributed by atoms with Gasteiger partial charge in [0.25, 0.3) is 0 Å². The summed E-state index contributed by atoms with van der Waals surface area (Å²) in [6.45, 7) is 3.79. The minimum Gasteiger partial charge on any atom is -0.493 e. The number of rotatable bonds is 3. The molecule has 1 aromatic carbocycles. The summed E-state index contributed by atoms with van der Waals surface area (Å²) in [5, 5.41) is 8.67. The lowest BCUT2D eigenvalue weighted by molar-refractivity contribution is 0.101. The van der Waals surface area contributed by atoms with Crippen LogP contribution in [0.15, 0.2) is 18.2 Å². The third-order valence-corrected chi connectivity index (χ3v) is 1.79. The van der Waals surface area contributed by atoms with E-state index in [2.05, 4.69) is 0 Å². The predicted octanol–water partition coefficient (Wildman–Crippen LogP) is 2.16. The van der Waals surface area contributed by atoms with Crippen molar-refractivity contribution in [3.63, 3.8) is 0 Å². The van der Waals surface area contributed by atoms with E-state index in [1.54, 1.807) is 18.2 Å². The van der Waals surface area contributed by atoms with Crippen LogP contribution >= 0.6 is 0 Å². The Bertz CT molecular complexity index is 391. The molecule has 1 aromatic rings. The van der Waals surface area contributed by atoms with Crippen LogP contribution in [0, 0.1) is 11.3 Å². The quantitative estimate of drug-likeness (QED) is 0.684. The first-order valence-corrected chi connectivity index (χ1v) is 4.37. The molecule has 14 heavy (non-hydrogen) atoms. The molecule has 0 aliphatic carbocycles. The lowest BCUT2D eigenvalue weighted by atomic mass is 10.1. The van der Waals surface area contributed by atoms with Gasteiger partial charge in [0.15, 0.2) is 5.78 Å². The Hall–Kier alpha value is -1.82. The molecule has 0 saturated heterocycles. The van der Waals surface area contributed by atoms with E-state index in [4.69, 9.17) is 10.00 Å². The van der Waals surface area contributed by atoms with Crippen molar-refractivity contribution in [3.05, 3.63) is 29.3 Å². The van der Waals surface area contributed by atoms with Gasteiger partial charge in [-0.25, -0.2) is 0 Å². The first kappa shape index (κ1) is 10.3. The van der Waals surface area contributed by atoms with Crippen LogP contribution in [0.25, 0.3) is 0 Å². The van der Waals surface area contributed by atoms with Crippen LogP contribution in [-0.4, -0.2) is 12.4 Å². The van der Waals surface area contributed by atoms with Gasteiger partial charge in [-0.1, -0.05) is 0 Å². The number of nitriles is 1. The van der Waals surface area contributed by atoms with Crippen molar-refractivity contribution >= 4 is 5.78 Å². The normalized spacial score (nSPS) is 9.21. The SMILES string of the molecule is CCOc1cc(C#N)ccc1C(C)=O. The van der Waals surface area contributed by atoms with Gasteiger partial charge in [-0.15, -0.1) is 0 Å². The van der Waals surface area contributed by atoms with E-state index in [1.807, 2.05) is 13.0 Å². The van der Waals surface area contributed by atoms with Crippen molar-refractivity contribution in [1.82, 2.24) is 0 Å². The van der Waals surface area contributed by atoms with Crippen molar-refractivity contribution in [2.75, 3.05) is 6.61 Å². The third-order valence-electron chi connectivity index (χ3n) is 1.79. The third kappa shape index (κ3) is 2.11. The number of carbonyl (C=O) groups excluding carboxylic acids is 1. The molecule has 0 radical (unpaired) electrons. The highest BCUT2D eigenvalue weighted by Crippen LogP contribution is 2.20. The van der Waals surface area contributed by atoms with Gasteiger partial charge >= 0.3 is 0 Å². The molecule has 0 unspecified atom stereocenters. The van der Waals surface area contributed by atoms with E-state index in [9.17, 15) is 4.79 Å². The number of ketones is 1. The number of benzene rings is 1. The van der Waals surface area contributed by atoms with Gasteiger partial charge in [0.2, 0.25) is 0 Å². The molecule has 3 nitrogen and oxygen atoms in total. The van der Waals surface area contributed by atoms with Gasteiger partial charge in [-0.2, -0.15) is 5.26 Å². The van der Waals surface area contributed by atoms with Gasteiger partial charge in [-0.05, 0) is 32.0 Å². The van der Waals surface area contributed by atoms with E-state index in [0.29, 0.717) is 23.5 Å². The number of hydrogen-bond donors (Lipinski definition) is 0. The van der Waals surface area contributed by atoms with Crippen LogP contribution < -0.4 is 4.74 Å². The second-order valence-electron chi connectivity index (χ2n) is 2.81. The molecule has 1 rings (SSSR count). The van der Waals surface area contributed by atoms with Crippen LogP contribution in [0.5, 0.6) is 5.75 Å². The van der Waals surface area contributed by atoms with E-state index < -0.39 is 0 Å². The molecule has 0 spiro atoms. The molecule has 0 N–H and O–H groups in total. The second kappa shape index (κ2) is 4.43. The first-order chi connectivity index (χ1) is 6.69. The molecular formula is C11H11NO2. The zero-order valence-corrected chi connectivity index (χ0v) is 8.20. The molecule has 72 valence electrons. The maximum Gasteiger partial charge on any atom is 0.163 e. The first-order valence-electron chi connectivity index (χ1n) is 4.37. The summed E-state index contributed by atoms with van der Waals surface area (Å²) in [5.41, 5.74) is 1.02. The zero-order chi connectivity index (χ0) is 10.6. The van der Waals surface area contributed by atoms with Crippen molar-refractivity contribution in [3.8, 4) is 11.8 Å². The predicted molar refractivity (Wildman–Crippen MR) is 52.3 cm³/mol.